The standard InChI is InChI=1S/C13H27NO3/c1-5-6-7-12(13(16)17-4)14-9-11(15)8-10(2)3/h10-12,14-15H,5-9H2,1-4H3. The smallest absolute Gasteiger partial charge is 0.322 e. The lowest BCUT2D eigenvalue weighted by Crippen LogP contribution is -2.41. The van der Waals surface area contributed by atoms with Crippen molar-refractivity contribution in [3.63, 3.8) is 0 Å². The van der Waals surface area contributed by atoms with E-state index >= 15 is 0 Å². The zero-order valence-electron chi connectivity index (χ0n) is 11.5. The Morgan fingerprint density at radius 2 is 2.06 bits per heavy atom. The predicted octanol–water partition coefficient (Wildman–Crippen LogP) is 1.71. The summed E-state index contributed by atoms with van der Waals surface area (Å²) in [6.07, 6.45) is 3.13. The molecule has 4 nitrogen and oxygen atoms in total. The molecule has 0 aromatic rings. The minimum atomic E-state index is -0.399. The maximum absolute atomic E-state index is 11.5. The lowest BCUT2D eigenvalue weighted by molar-refractivity contribution is -0.143. The van der Waals surface area contributed by atoms with Crippen LogP contribution in [0, 0.1) is 5.92 Å². The van der Waals surface area contributed by atoms with Gasteiger partial charge in [0.25, 0.3) is 0 Å². The Labute approximate surface area is 105 Å². The number of esters is 1. The van der Waals surface area contributed by atoms with Gasteiger partial charge in [0.15, 0.2) is 0 Å². The normalized spacial score (nSPS) is 14.7. The fraction of sp³-hybridized carbons (Fsp3) is 0.923. The second kappa shape index (κ2) is 9.42. The molecule has 0 heterocycles. The van der Waals surface area contributed by atoms with Gasteiger partial charge < -0.3 is 15.2 Å². The maximum atomic E-state index is 11.5. The molecule has 102 valence electrons. The molecule has 2 unspecified atom stereocenters. The van der Waals surface area contributed by atoms with E-state index in [2.05, 4.69) is 26.1 Å². The topological polar surface area (TPSA) is 58.6 Å². The fourth-order valence-electron chi connectivity index (χ4n) is 1.76. The van der Waals surface area contributed by atoms with Crippen molar-refractivity contribution in [3.05, 3.63) is 0 Å². The number of rotatable bonds is 9. The molecule has 0 bridgehead atoms. The first-order valence-electron chi connectivity index (χ1n) is 6.50. The zero-order valence-corrected chi connectivity index (χ0v) is 11.5. The van der Waals surface area contributed by atoms with Gasteiger partial charge >= 0.3 is 5.97 Å². The van der Waals surface area contributed by atoms with Crippen LogP contribution >= 0.6 is 0 Å². The van der Waals surface area contributed by atoms with Gasteiger partial charge in [-0.25, -0.2) is 0 Å². The first-order valence-corrected chi connectivity index (χ1v) is 6.50. The molecule has 4 heteroatoms. The molecule has 0 spiro atoms. The largest absolute Gasteiger partial charge is 0.468 e. The Bertz CT molecular complexity index is 207. The summed E-state index contributed by atoms with van der Waals surface area (Å²) >= 11 is 0. The van der Waals surface area contributed by atoms with Gasteiger partial charge in [0.2, 0.25) is 0 Å². The van der Waals surface area contributed by atoms with Crippen molar-refractivity contribution < 1.29 is 14.6 Å². The van der Waals surface area contributed by atoms with Crippen LogP contribution in [0.15, 0.2) is 0 Å². The quantitative estimate of drug-likeness (QED) is 0.607. The molecule has 0 radical (unpaired) electrons. The number of nitrogens with one attached hydrogen (secondary N) is 1. The number of carbonyl (C=O) groups excluding carboxylic acids is 1. The Kier molecular flexibility index (Phi) is 9.09. The summed E-state index contributed by atoms with van der Waals surface area (Å²) in [6.45, 7) is 6.67. The van der Waals surface area contributed by atoms with E-state index in [-0.39, 0.29) is 12.0 Å². The molecular formula is C13H27NO3. The third-order valence-corrected chi connectivity index (χ3v) is 2.68. The summed E-state index contributed by atoms with van der Waals surface area (Å²) in [5, 5.41) is 12.8. The predicted molar refractivity (Wildman–Crippen MR) is 68.8 cm³/mol. The third-order valence-electron chi connectivity index (χ3n) is 2.68. The van der Waals surface area contributed by atoms with Crippen LogP contribution < -0.4 is 5.32 Å². The highest BCUT2D eigenvalue weighted by Crippen LogP contribution is 2.06. The van der Waals surface area contributed by atoms with Gasteiger partial charge in [0.05, 0.1) is 13.2 Å². The van der Waals surface area contributed by atoms with Gasteiger partial charge in [0.1, 0.15) is 6.04 Å². The van der Waals surface area contributed by atoms with Crippen molar-refractivity contribution in [2.24, 2.45) is 5.92 Å². The first-order chi connectivity index (χ1) is 8.01. The number of ether oxygens (including phenoxy) is 1. The molecule has 0 aliphatic heterocycles. The van der Waals surface area contributed by atoms with Gasteiger partial charge in [-0.1, -0.05) is 33.6 Å². The Morgan fingerprint density at radius 3 is 2.53 bits per heavy atom. The highest BCUT2D eigenvalue weighted by Gasteiger charge is 2.19. The Morgan fingerprint density at radius 1 is 1.41 bits per heavy atom. The van der Waals surface area contributed by atoms with Gasteiger partial charge in [-0.15, -0.1) is 0 Å². The van der Waals surface area contributed by atoms with Gasteiger partial charge in [-0.3, -0.25) is 4.79 Å². The van der Waals surface area contributed by atoms with Crippen molar-refractivity contribution in [2.45, 2.75) is 58.6 Å². The van der Waals surface area contributed by atoms with Crippen molar-refractivity contribution in [1.82, 2.24) is 5.32 Å². The van der Waals surface area contributed by atoms with Gasteiger partial charge in [0, 0.05) is 6.54 Å². The van der Waals surface area contributed by atoms with E-state index in [0.717, 1.165) is 25.7 Å². The molecule has 0 aliphatic rings. The molecule has 0 rings (SSSR count). The molecule has 2 N–H and O–H groups in total. The molecule has 0 saturated carbocycles. The maximum Gasteiger partial charge on any atom is 0.322 e. The number of methoxy groups -OCH3 is 1. The van der Waals surface area contributed by atoms with Crippen LogP contribution in [0.3, 0.4) is 0 Å². The minimum Gasteiger partial charge on any atom is -0.468 e. The third kappa shape index (κ3) is 8.16. The first kappa shape index (κ1) is 16.4. The van der Waals surface area contributed by atoms with Crippen molar-refractivity contribution >= 4 is 5.97 Å². The van der Waals surface area contributed by atoms with E-state index in [4.69, 9.17) is 4.74 Å². The monoisotopic (exact) mass is 245 g/mol. The summed E-state index contributed by atoms with van der Waals surface area (Å²) in [5.74, 6) is 0.217. The zero-order chi connectivity index (χ0) is 13.3. The summed E-state index contributed by atoms with van der Waals surface area (Å²) in [4.78, 5) is 11.5. The molecule has 0 aromatic carbocycles. The van der Waals surface area contributed by atoms with E-state index in [1.54, 1.807) is 0 Å². The van der Waals surface area contributed by atoms with Crippen molar-refractivity contribution in [1.29, 1.82) is 0 Å². The number of aliphatic hydroxyl groups is 1. The number of unbranched alkanes of at least 4 members (excludes halogenated alkanes) is 1. The second-order valence-electron chi connectivity index (χ2n) is 4.91. The summed E-state index contributed by atoms with van der Waals surface area (Å²) in [5.41, 5.74) is 0. The van der Waals surface area contributed by atoms with Crippen LogP contribution in [-0.4, -0.2) is 36.9 Å². The summed E-state index contributed by atoms with van der Waals surface area (Å²) in [6, 6.07) is -0.290. The van der Waals surface area contributed by atoms with Crippen LogP contribution in [0.2, 0.25) is 0 Å². The van der Waals surface area contributed by atoms with E-state index in [1.807, 2.05) is 0 Å². The fourth-order valence-corrected chi connectivity index (χ4v) is 1.76. The Balaban J connectivity index is 4.01. The average Bonchev–Trinajstić information content (AvgIpc) is 2.27. The summed E-state index contributed by atoms with van der Waals surface area (Å²) < 4.78 is 4.74. The number of carbonyl (C=O) groups is 1. The van der Waals surface area contributed by atoms with E-state index in [0.29, 0.717) is 12.5 Å². The molecule has 2 atom stereocenters. The second-order valence-corrected chi connectivity index (χ2v) is 4.91. The van der Waals surface area contributed by atoms with Crippen molar-refractivity contribution in [3.8, 4) is 0 Å². The van der Waals surface area contributed by atoms with Crippen LogP contribution in [0.4, 0.5) is 0 Å². The molecule has 0 fully saturated rings. The van der Waals surface area contributed by atoms with Crippen LogP contribution in [0.25, 0.3) is 0 Å². The Hall–Kier alpha value is -0.610. The molecule has 0 aromatic heterocycles. The molecular weight excluding hydrogens is 218 g/mol. The van der Waals surface area contributed by atoms with Crippen LogP contribution in [0.1, 0.15) is 46.5 Å². The van der Waals surface area contributed by atoms with Crippen molar-refractivity contribution in [2.75, 3.05) is 13.7 Å². The molecule has 17 heavy (non-hydrogen) atoms. The minimum absolute atomic E-state index is 0.241. The van der Waals surface area contributed by atoms with Crippen LogP contribution in [-0.2, 0) is 9.53 Å². The van der Waals surface area contributed by atoms with E-state index < -0.39 is 6.10 Å². The lowest BCUT2D eigenvalue weighted by Gasteiger charge is -2.19. The summed E-state index contributed by atoms with van der Waals surface area (Å²) in [7, 11) is 1.40. The lowest BCUT2D eigenvalue weighted by atomic mass is 10.1. The number of hydrogen-bond donors (Lipinski definition) is 2. The average molecular weight is 245 g/mol. The van der Waals surface area contributed by atoms with E-state index in [1.165, 1.54) is 7.11 Å². The van der Waals surface area contributed by atoms with E-state index in [9.17, 15) is 9.90 Å². The van der Waals surface area contributed by atoms with Gasteiger partial charge in [-0.2, -0.15) is 0 Å². The van der Waals surface area contributed by atoms with Gasteiger partial charge in [-0.05, 0) is 18.8 Å². The highest BCUT2D eigenvalue weighted by molar-refractivity contribution is 5.75. The van der Waals surface area contributed by atoms with Crippen LogP contribution in [0.5, 0.6) is 0 Å². The molecule has 0 amide bonds. The molecule has 0 aliphatic carbocycles. The number of hydrogen-bond acceptors (Lipinski definition) is 4. The number of aliphatic hydroxyl groups excluding tert-OH is 1. The molecule has 0 saturated heterocycles. The highest BCUT2D eigenvalue weighted by atomic mass is 16.5. The SMILES string of the molecule is CCCCC(NCC(O)CC(C)C)C(=O)OC.